The molecule has 0 amide bonds. The van der Waals surface area contributed by atoms with Gasteiger partial charge in [-0.2, -0.15) is 0 Å². The lowest BCUT2D eigenvalue weighted by molar-refractivity contribution is 0.286. The van der Waals surface area contributed by atoms with Crippen molar-refractivity contribution in [2.24, 2.45) is 5.92 Å². The van der Waals surface area contributed by atoms with E-state index in [-0.39, 0.29) is 11.0 Å². The van der Waals surface area contributed by atoms with E-state index in [1.54, 1.807) is 11.3 Å². The number of hydrogen-bond donors (Lipinski definition) is 0. The molecule has 114 valence electrons. The van der Waals surface area contributed by atoms with Crippen LogP contribution < -0.4 is 0 Å². The average Bonchev–Trinajstić information content (AvgIpc) is 2.73. The fraction of sp³-hybridized carbons (Fsp3) is 0.786. The molecule has 20 heavy (non-hydrogen) atoms. The molecule has 0 N–H and O–H groups in total. The van der Waals surface area contributed by atoms with Crippen molar-refractivity contribution in [2.45, 2.75) is 45.4 Å². The van der Waals surface area contributed by atoms with Crippen LogP contribution in [0.15, 0.2) is 6.20 Å². The van der Waals surface area contributed by atoms with E-state index in [0.29, 0.717) is 12.5 Å². The van der Waals surface area contributed by atoms with Crippen LogP contribution in [0.1, 0.15) is 37.1 Å². The summed E-state index contributed by atoms with van der Waals surface area (Å²) >= 11 is 1.76. The van der Waals surface area contributed by atoms with Crippen LogP contribution in [0.4, 0.5) is 0 Å². The lowest BCUT2D eigenvalue weighted by Gasteiger charge is -2.17. The first-order valence-corrected chi connectivity index (χ1v) is 9.77. The first-order chi connectivity index (χ1) is 9.37. The molecule has 1 aromatic rings. The smallest absolute Gasteiger partial charge is 0.154 e. The highest BCUT2D eigenvalue weighted by atomic mass is 32.2. The van der Waals surface area contributed by atoms with Gasteiger partial charge in [0.05, 0.1) is 16.0 Å². The Hall–Kier alpha value is -0.460. The van der Waals surface area contributed by atoms with E-state index in [0.717, 1.165) is 25.9 Å². The van der Waals surface area contributed by atoms with Crippen LogP contribution in [0, 0.1) is 5.92 Å². The molecule has 0 radical (unpaired) electrons. The highest BCUT2D eigenvalue weighted by Crippen LogP contribution is 2.20. The van der Waals surface area contributed by atoms with Crippen molar-refractivity contribution < 1.29 is 8.42 Å². The predicted octanol–water partition coefficient (Wildman–Crippen LogP) is 2.35. The molecule has 1 saturated heterocycles. The van der Waals surface area contributed by atoms with E-state index in [1.807, 2.05) is 13.1 Å². The molecule has 0 spiro atoms. The van der Waals surface area contributed by atoms with Crippen molar-refractivity contribution in [3.05, 3.63) is 16.1 Å². The number of rotatable bonds is 4. The van der Waals surface area contributed by atoms with Crippen molar-refractivity contribution in [3.63, 3.8) is 0 Å². The van der Waals surface area contributed by atoms with Crippen molar-refractivity contribution in [1.29, 1.82) is 0 Å². The van der Waals surface area contributed by atoms with Gasteiger partial charge in [-0.05, 0) is 25.8 Å². The molecular weight excluding hydrogens is 292 g/mol. The summed E-state index contributed by atoms with van der Waals surface area (Å²) in [6, 6.07) is 0. The van der Waals surface area contributed by atoms with Crippen LogP contribution in [-0.2, 0) is 22.8 Å². The SMILES string of the molecule is CC(C)Cc1ncc(CN2CC[C@H](C)S(=O)(=O)CC2)s1. The maximum atomic E-state index is 11.9. The summed E-state index contributed by atoms with van der Waals surface area (Å²) in [6.07, 6.45) is 3.71. The minimum atomic E-state index is -2.89. The Bertz CT molecular complexity index is 537. The lowest BCUT2D eigenvalue weighted by Crippen LogP contribution is -2.26. The van der Waals surface area contributed by atoms with Gasteiger partial charge in [0.15, 0.2) is 9.84 Å². The topological polar surface area (TPSA) is 50.3 Å². The van der Waals surface area contributed by atoms with Gasteiger partial charge < -0.3 is 0 Å². The fourth-order valence-corrected chi connectivity index (χ4v) is 4.91. The minimum absolute atomic E-state index is 0.203. The maximum Gasteiger partial charge on any atom is 0.154 e. The Morgan fingerprint density at radius 2 is 2.20 bits per heavy atom. The van der Waals surface area contributed by atoms with Gasteiger partial charge in [0.2, 0.25) is 0 Å². The predicted molar refractivity (Wildman–Crippen MR) is 83.8 cm³/mol. The molecule has 2 heterocycles. The lowest BCUT2D eigenvalue weighted by atomic mass is 10.1. The van der Waals surface area contributed by atoms with E-state index in [4.69, 9.17) is 0 Å². The van der Waals surface area contributed by atoms with Crippen molar-refractivity contribution in [1.82, 2.24) is 9.88 Å². The van der Waals surface area contributed by atoms with Crippen molar-refractivity contribution in [2.75, 3.05) is 18.8 Å². The summed E-state index contributed by atoms with van der Waals surface area (Å²) in [5.41, 5.74) is 0. The number of thiazole rings is 1. The van der Waals surface area contributed by atoms with Gasteiger partial charge in [0.1, 0.15) is 0 Å². The third-order valence-electron chi connectivity index (χ3n) is 3.72. The van der Waals surface area contributed by atoms with Gasteiger partial charge in [-0.25, -0.2) is 13.4 Å². The largest absolute Gasteiger partial charge is 0.297 e. The van der Waals surface area contributed by atoms with E-state index in [1.165, 1.54) is 9.88 Å². The summed E-state index contributed by atoms with van der Waals surface area (Å²) < 4.78 is 23.8. The molecule has 1 aliphatic heterocycles. The number of nitrogens with zero attached hydrogens (tertiary/aromatic N) is 2. The quantitative estimate of drug-likeness (QED) is 0.855. The summed E-state index contributed by atoms with van der Waals surface area (Å²) in [6.45, 7) is 8.55. The summed E-state index contributed by atoms with van der Waals surface area (Å²) in [4.78, 5) is 7.95. The minimum Gasteiger partial charge on any atom is -0.297 e. The Morgan fingerprint density at radius 3 is 2.90 bits per heavy atom. The van der Waals surface area contributed by atoms with Crippen LogP contribution in [0.2, 0.25) is 0 Å². The first-order valence-electron chi connectivity index (χ1n) is 7.24. The van der Waals surface area contributed by atoms with E-state index in [2.05, 4.69) is 23.7 Å². The Labute approximate surface area is 126 Å². The molecule has 2 rings (SSSR count). The molecular formula is C14H24N2O2S2. The maximum absolute atomic E-state index is 11.9. The summed E-state index contributed by atoms with van der Waals surface area (Å²) in [5, 5.41) is 0.983. The standard InChI is InChI=1S/C14H24N2O2S2/c1-11(2)8-14-15-9-13(19-14)10-16-5-4-12(3)20(17,18)7-6-16/h9,11-12H,4-8,10H2,1-3H3/t12-/m0/s1. The Kier molecular flexibility index (Phi) is 5.20. The van der Waals surface area contributed by atoms with Gasteiger partial charge in [0, 0.05) is 30.6 Å². The highest BCUT2D eigenvalue weighted by molar-refractivity contribution is 7.92. The molecule has 0 aliphatic carbocycles. The third kappa shape index (κ3) is 4.27. The molecule has 0 saturated carbocycles. The van der Waals surface area contributed by atoms with Crippen LogP contribution in [0.25, 0.3) is 0 Å². The highest BCUT2D eigenvalue weighted by Gasteiger charge is 2.26. The van der Waals surface area contributed by atoms with E-state index >= 15 is 0 Å². The van der Waals surface area contributed by atoms with E-state index in [9.17, 15) is 8.42 Å². The number of hydrogen-bond acceptors (Lipinski definition) is 5. The zero-order valence-corrected chi connectivity index (χ0v) is 14.1. The van der Waals surface area contributed by atoms with Crippen LogP contribution in [0.5, 0.6) is 0 Å². The molecule has 1 fully saturated rings. The van der Waals surface area contributed by atoms with Crippen LogP contribution in [0.3, 0.4) is 0 Å². The average molecular weight is 316 g/mol. The van der Waals surface area contributed by atoms with Gasteiger partial charge in [0.25, 0.3) is 0 Å². The molecule has 6 heteroatoms. The molecule has 0 bridgehead atoms. The first kappa shape index (κ1) is 15.9. The van der Waals surface area contributed by atoms with Gasteiger partial charge in [-0.3, -0.25) is 4.90 Å². The third-order valence-corrected chi connectivity index (χ3v) is 6.94. The Balaban J connectivity index is 1.95. The van der Waals surface area contributed by atoms with Crippen LogP contribution >= 0.6 is 11.3 Å². The van der Waals surface area contributed by atoms with Crippen molar-refractivity contribution in [3.8, 4) is 0 Å². The van der Waals surface area contributed by atoms with Gasteiger partial charge >= 0.3 is 0 Å². The zero-order chi connectivity index (χ0) is 14.8. The second kappa shape index (κ2) is 6.54. The molecule has 0 aromatic carbocycles. The fourth-order valence-electron chi connectivity index (χ4n) is 2.36. The molecule has 0 unspecified atom stereocenters. The number of sulfone groups is 1. The summed E-state index contributed by atoms with van der Waals surface area (Å²) in [7, 11) is -2.89. The second-order valence-corrected chi connectivity index (χ2v) is 9.80. The Morgan fingerprint density at radius 1 is 1.45 bits per heavy atom. The van der Waals surface area contributed by atoms with Crippen LogP contribution in [-0.4, -0.2) is 42.4 Å². The molecule has 1 atom stereocenters. The zero-order valence-electron chi connectivity index (χ0n) is 12.5. The van der Waals surface area contributed by atoms with Crippen molar-refractivity contribution >= 4 is 21.2 Å². The molecule has 1 aromatic heterocycles. The monoisotopic (exact) mass is 316 g/mol. The molecule has 1 aliphatic rings. The van der Waals surface area contributed by atoms with Gasteiger partial charge in [-0.15, -0.1) is 11.3 Å². The van der Waals surface area contributed by atoms with E-state index < -0.39 is 9.84 Å². The molecule has 4 nitrogen and oxygen atoms in total. The normalized spacial score (nSPS) is 23.9. The second-order valence-electron chi connectivity index (χ2n) is 6.06. The summed E-state index contributed by atoms with van der Waals surface area (Å²) in [5.74, 6) is 0.907. The van der Waals surface area contributed by atoms with Gasteiger partial charge in [-0.1, -0.05) is 13.8 Å². The number of aromatic nitrogens is 1.